The Morgan fingerprint density at radius 2 is 1.88 bits per heavy atom. The largest absolute Gasteiger partial charge is 0.339 e. The van der Waals surface area contributed by atoms with Gasteiger partial charge in [0.15, 0.2) is 0 Å². The average Bonchev–Trinajstić information content (AvgIpc) is 2.64. The number of carbonyl (C=O) groups excluding carboxylic acids is 1. The van der Waals surface area contributed by atoms with Crippen LogP contribution in [0.3, 0.4) is 0 Å². The summed E-state index contributed by atoms with van der Waals surface area (Å²) in [6, 6.07) is 0. The summed E-state index contributed by atoms with van der Waals surface area (Å²) in [6.45, 7) is 6.12. The SMILES string of the molecule is CC1(C)CN(C(=O)C2(N)CCCC2)CCS1.Cl. The maximum atomic E-state index is 12.4. The molecule has 0 radical (unpaired) electrons. The van der Waals surface area contributed by atoms with Gasteiger partial charge in [0.2, 0.25) is 5.91 Å². The number of thioether (sulfide) groups is 1. The summed E-state index contributed by atoms with van der Waals surface area (Å²) in [6.07, 6.45) is 3.95. The molecule has 2 rings (SSSR count). The molecule has 2 fully saturated rings. The molecule has 17 heavy (non-hydrogen) atoms. The zero-order valence-electron chi connectivity index (χ0n) is 10.7. The van der Waals surface area contributed by atoms with Crippen LogP contribution in [0.2, 0.25) is 0 Å². The van der Waals surface area contributed by atoms with E-state index in [1.807, 2.05) is 16.7 Å². The zero-order chi connectivity index (χ0) is 11.8. The lowest BCUT2D eigenvalue weighted by Gasteiger charge is -2.40. The van der Waals surface area contributed by atoms with Crippen molar-refractivity contribution >= 4 is 30.1 Å². The lowest BCUT2D eigenvalue weighted by molar-refractivity contribution is -0.137. The molecule has 0 aromatic heterocycles. The highest BCUT2D eigenvalue weighted by atomic mass is 35.5. The second-order valence-electron chi connectivity index (χ2n) is 5.70. The Morgan fingerprint density at radius 3 is 2.41 bits per heavy atom. The molecular weight excluding hydrogens is 256 g/mol. The minimum absolute atomic E-state index is 0. The van der Waals surface area contributed by atoms with Crippen LogP contribution in [0.25, 0.3) is 0 Å². The molecule has 2 aliphatic rings. The van der Waals surface area contributed by atoms with Crippen molar-refractivity contribution in [3.8, 4) is 0 Å². The Balaban J connectivity index is 0.00000144. The van der Waals surface area contributed by atoms with Crippen LogP contribution < -0.4 is 5.73 Å². The van der Waals surface area contributed by atoms with E-state index >= 15 is 0 Å². The smallest absolute Gasteiger partial charge is 0.242 e. The molecule has 0 aromatic rings. The predicted molar refractivity (Wildman–Crippen MR) is 75.8 cm³/mol. The molecule has 0 spiro atoms. The van der Waals surface area contributed by atoms with E-state index in [9.17, 15) is 4.79 Å². The van der Waals surface area contributed by atoms with Crippen molar-refractivity contribution in [2.24, 2.45) is 5.73 Å². The van der Waals surface area contributed by atoms with Crippen LogP contribution in [0.1, 0.15) is 39.5 Å². The first-order valence-electron chi connectivity index (χ1n) is 6.15. The van der Waals surface area contributed by atoms with Crippen LogP contribution >= 0.6 is 24.2 Å². The second-order valence-corrected chi connectivity index (χ2v) is 7.50. The number of nitrogens with two attached hydrogens (primary N) is 1. The first-order chi connectivity index (χ1) is 7.43. The van der Waals surface area contributed by atoms with Crippen LogP contribution in [0.15, 0.2) is 0 Å². The molecule has 1 aliphatic heterocycles. The number of carbonyl (C=O) groups is 1. The number of rotatable bonds is 1. The number of halogens is 1. The molecule has 0 aromatic carbocycles. The fourth-order valence-corrected chi connectivity index (χ4v) is 3.84. The number of nitrogens with zero attached hydrogens (tertiary/aromatic N) is 1. The minimum atomic E-state index is -0.544. The van der Waals surface area contributed by atoms with Gasteiger partial charge in [-0.2, -0.15) is 11.8 Å². The van der Waals surface area contributed by atoms with Crippen molar-refractivity contribution in [1.29, 1.82) is 0 Å². The highest BCUT2D eigenvalue weighted by Crippen LogP contribution is 2.34. The van der Waals surface area contributed by atoms with E-state index in [4.69, 9.17) is 5.73 Å². The molecule has 5 heteroatoms. The van der Waals surface area contributed by atoms with Crippen LogP contribution in [-0.4, -0.2) is 39.9 Å². The van der Waals surface area contributed by atoms with Gasteiger partial charge >= 0.3 is 0 Å². The molecule has 1 aliphatic carbocycles. The highest BCUT2D eigenvalue weighted by molar-refractivity contribution is 8.00. The van der Waals surface area contributed by atoms with E-state index in [0.717, 1.165) is 44.5 Å². The van der Waals surface area contributed by atoms with Crippen molar-refractivity contribution in [1.82, 2.24) is 4.90 Å². The van der Waals surface area contributed by atoms with Crippen LogP contribution in [-0.2, 0) is 4.79 Å². The Bertz CT molecular complexity index is 290. The summed E-state index contributed by atoms with van der Waals surface area (Å²) in [5, 5.41) is 0. The molecule has 1 heterocycles. The van der Waals surface area contributed by atoms with Gasteiger partial charge in [-0.05, 0) is 26.7 Å². The van der Waals surface area contributed by atoms with Gasteiger partial charge in [0.05, 0.1) is 5.54 Å². The third kappa shape index (κ3) is 3.30. The van der Waals surface area contributed by atoms with E-state index in [-0.39, 0.29) is 23.1 Å². The molecule has 1 saturated carbocycles. The maximum absolute atomic E-state index is 12.4. The zero-order valence-corrected chi connectivity index (χ0v) is 12.3. The van der Waals surface area contributed by atoms with Gasteiger partial charge in [0.1, 0.15) is 0 Å². The summed E-state index contributed by atoms with van der Waals surface area (Å²) in [5.41, 5.74) is 5.68. The molecule has 1 saturated heterocycles. The van der Waals surface area contributed by atoms with Gasteiger partial charge < -0.3 is 10.6 Å². The first-order valence-corrected chi connectivity index (χ1v) is 7.14. The van der Waals surface area contributed by atoms with Crippen molar-refractivity contribution in [2.45, 2.75) is 49.8 Å². The molecule has 0 unspecified atom stereocenters. The molecule has 0 bridgehead atoms. The summed E-state index contributed by atoms with van der Waals surface area (Å²) >= 11 is 1.95. The van der Waals surface area contributed by atoms with Crippen molar-refractivity contribution < 1.29 is 4.79 Å². The minimum Gasteiger partial charge on any atom is -0.339 e. The van der Waals surface area contributed by atoms with E-state index in [1.54, 1.807) is 0 Å². The van der Waals surface area contributed by atoms with E-state index in [1.165, 1.54) is 0 Å². The molecule has 1 amide bonds. The fourth-order valence-electron chi connectivity index (χ4n) is 2.72. The number of amides is 1. The number of hydrogen-bond acceptors (Lipinski definition) is 3. The number of hydrogen-bond donors (Lipinski definition) is 1. The van der Waals surface area contributed by atoms with Crippen LogP contribution in [0, 0.1) is 0 Å². The average molecular weight is 279 g/mol. The van der Waals surface area contributed by atoms with Gasteiger partial charge in [0, 0.05) is 23.6 Å². The van der Waals surface area contributed by atoms with Gasteiger partial charge in [-0.1, -0.05) is 12.8 Å². The predicted octanol–water partition coefficient (Wildman–Crippen LogP) is 2.03. The standard InChI is InChI=1S/C12H22N2OS.ClH/c1-11(2)9-14(7-8-16-11)10(15)12(13)5-3-4-6-12;/h3-9,13H2,1-2H3;1H. The third-order valence-corrected chi connectivity index (χ3v) is 4.93. The van der Waals surface area contributed by atoms with Crippen molar-refractivity contribution in [3.63, 3.8) is 0 Å². The Morgan fingerprint density at radius 1 is 1.29 bits per heavy atom. The Labute approximate surface area is 114 Å². The molecule has 0 atom stereocenters. The van der Waals surface area contributed by atoms with Crippen LogP contribution in [0.5, 0.6) is 0 Å². The summed E-state index contributed by atoms with van der Waals surface area (Å²) in [5.74, 6) is 1.23. The third-order valence-electron chi connectivity index (χ3n) is 3.63. The topological polar surface area (TPSA) is 46.3 Å². The monoisotopic (exact) mass is 278 g/mol. The van der Waals surface area contributed by atoms with E-state index < -0.39 is 5.54 Å². The lowest BCUT2D eigenvalue weighted by Crippen LogP contribution is -2.57. The lowest BCUT2D eigenvalue weighted by atomic mass is 9.96. The normalized spacial score (nSPS) is 26.4. The van der Waals surface area contributed by atoms with Crippen molar-refractivity contribution in [3.05, 3.63) is 0 Å². The summed E-state index contributed by atoms with van der Waals surface area (Å²) in [7, 11) is 0. The Hall–Kier alpha value is 0.0700. The van der Waals surface area contributed by atoms with Gasteiger partial charge in [0.25, 0.3) is 0 Å². The molecule has 100 valence electrons. The maximum Gasteiger partial charge on any atom is 0.242 e. The second kappa shape index (κ2) is 5.37. The Kier molecular flexibility index (Phi) is 4.78. The van der Waals surface area contributed by atoms with Crippen LogP contribution in [0.4, 0.5) is 0 Å². The van der Waals surface area contributed by atoms with E-state index in [2.05, 4.69) is 13.8 Å². The first kappa shape index (κ1) is 15.1. The van der Waals surface area contributed by atoms with Gasteiger partial charge in [-0.3, -0.25) is 4.79 Å². The fraction of sp³-hybridized carbons (Fsp3) is 0.917. The van der Waals surface area contributed by atoms with Gasteiger partial charge in [-0.15, -0.1) is 12.4 Å². The summed E-state index contributed by atoms with van der Waals surface area (Å²) in [4.78, 5) is 14.4. The van der Waals surface area contributed by atoms with Gasteiger partial charge in [-0.25, -0.2) is 0 Å². The molecule has 3 nitrogen and oxygen atoms in total. The van der Waals surface area contributed by atoms with E-state index in [0.29, 0.717) is 0 Å². The molecular formula is C12H23ClN2OS. The quantitative estimate of drug-likeness (QED) is 0.798. The highest BCUT2D eigenvalue weighted by Gasteiger charge is 2.42. The molecule has 2 N–H and O–H groups in total. The van der Waals surface area contributed by atoms with Crippen molar-refractivity contribution in [2.75, 3.05) is 18.8 Å². The summed E-state index contributed by atoms with van der Waals surface area (Å²) < 4.78 is 0.183.